The lowest BCUT2D eigenvalue weighted by Crippen LogP contribution is -2.49. The van der Waals surface area contributed by atoms with Crippen molar-refractivity contribution < 1.29 is 32.0 Å². The number of carboxylic acid groups (broad SMARTS) is 1. The van der Waals surface area contributed by atoms with Crippen LogP contribution in [-0.2, 0) is 23.8 Å². The van der Waals surface area contributed by atoms with E-state index in [9.17, 15) is 23.1 Å². The van der Waals surface area contributed by atoms with E-state index in [-0.39, 0.29) is 17.4 Å². The summed E-state index contributed by atoms with van der Waals surface area (Å²) in [7, 11) is -4.24. The number of alkyl carbamates (subject to hydrolysis) is 1. The molecule has 35 heavy (non-hydrogen) atoms. The number of hydrogen-bond donors (Lipinski definition) is 2. The van der Waals surface area contributed by atoms with Crippen molar-refractivity contribution in [2.75, 3.05) is 6.61 Å². The van der Waals surface area contributed by atoms with Gasteiger partial charge in [0.25, 0.3) is 10.1 Å². The minimum Gasteiger partial charge on any atom is -0.480 e. The fraction of sp³-hybridized carbons (Fsp3) is 0.231. The maximum atomic E-state index is 12.5. The highest BCUT2D eigenvalue weighted by molar-refractivity contribution is 7.86. The summed E-state index contributed by atoms with van der Waals surface area (Å²) in [6, 6.07) is 19.9. The van der Waals surface area contributed by atoms with Gasteiger partial charge in [0.15, 0.2) is 6.04 Å². The number of rotatable bonds is 8. The average molecular weight is 496 g/mol. The molecule has 0 spiro atoms. The lowest BCUT2D eigenvalue weighted by molar-refractivity contribution is -0.141. The number of benzene rings is 3. The van der Waals surface area contributed by atoms with Gasteiger partial charge in [-0.3, -0.25) is 4.18 Å². The third kappa shape index (κ3) is 5.21. The summed E-state index contributed by atoms with van der Waals surface area (Å²) in [6.07, 6.45) is -2.37. The summed E-state index contributed by atoms with van der Waals surface area (Å²) >= 11 is 0. The van der Waals surface area contributed by atoms with E-state index in [0.29, 0.717) is 0 Å². The smallest absolute Gasteiger partial charge is 0.407 e. The van der Waals surface area contributed by atoms with Crippen LogP contribution in [0, 0.1) is 6.92 Å². The van der Waals surface area contributed by atoms with Gasteiger partial charge in [0.2, 0.25) is 0 Å². The molecule has 0 saturated heterocycles. The average Bonchev–Trinajstić information content (AvgIpc) is 3.14. The van der Waals surface area contributed by atoms with Crippen molar-refractivity contribution in [1.82, 2.24) is 5.32 Å². The van der Waals surface area contributed by atoms with Gasteiger partial charge >= 0.3 is 12.1 Å². The lowest BCUT2D eigenvalue weighted by atomic mass is 9.98. The van der Waals surface area contributed by atoms with Crippen LogP contribution < -0.4 is 5.32 Å². The molecule has 3 aromatic carbocycles. The van der Waals surface area contributed by atoms with Crippen LogP contribution in [0.2, 0.25) is 0 Å². The zero-order valence-corrected chi connectivity index (χ0v) is 20.0. The number of fused-ring (bicyclic) bond motifs is 3. The van der Waals surface area contributed by atoms with Crippen molar-refractivity contribution in [2.24, 2.45) is 0 Å². The highest BCUT2D eigenvalue weighted by atomic mass is 32.2. The highest BCUT2D eigenvalue weighted by Crippen LogP contribution is 2.44. The van der Waals surface area contributed by atoms with Crippen LogP contribution in [0.1, 0.15) is 29.5 Å². The Morgan fingerprint density at radius 3 is 2.03 bits per heavy atom. The van der Waals surface area contributed by atoms with Gasteiger partial charge in [-0.2, -0.15) is 8.42 Å². The van der Waals surface area contributed by atoms with Gasteiger partial charge in [-0.15, -0.1) is 0 Å². The number of carbonyl (C=O) groups excluding carboxylic acids is 1. The molecule has 3 aromatic rings. The molecule has 182 valence electrons. The Morgan fingerprint density at radius 1 is 0.943 bits per heavy atom. The number of carbonyl (C=O) groups is 2. The summed E-state index contributed by atoms with van der Waals surface area (Å²) in [5.74, 6) is -1.66. The summed E-state index contributed by atoms with van der Waals surface area (Å²) in [4.78, 5) is 24.2. The van der Waals surface area contributed by atoms with E-state index in [1.165, 1.54) is 19.1 Å². The monoisotopic (exact) mass is 495 g/mol. The van der Waals surface area contributed by atoms with Crippen LogP contribution in [0.5, 0.6) is 0 Å². The Hall–Kier alpha value is -3.69. The van der Waals surface area contributed by atoms with E-state index in [1.807, 2.05) is 48.5 Å². The summed E-state index contributed by atoms with van der Waals surface area (Å²) < 4.78 is 35.5. The molecule has 9 heteroatoms. The van der Waals surface area contributed by atoms with Crippen molar-refractivity contribution in [3.05, 3.63) is 89.5 Å². The van der Waals surface area contributed by atoms with Gasteiger partial charge in [0, 0.05) is 5.92 Å². The quantitative estimate of drug-likeness (QED) is 0.452. The molecule has 1 amide bonds. The Balaban J connectivity index is 1.42. The maximum absolute atomic E-state index is 12.5. The van der Waals surface area contributed by atoms with E-state index in [4.69, 9.17) is 8.92 Å². The Kier molecular flexibility index (Phi) is 6.90. The second-order valence-corrected chi connectivity index (χ2v) is 9.93. The largest absolute Gasteiger partial charge is 0.480 e. The molecular formula is C26H25NO7S. The van der Waals surface area contributed by atoms with E-state index in [2.05, 4.69) is 5.32 Å². The molecule has 1 unspecified atom stereocenters. The third-order valence-electron chi connectivity index (χ3n) is 5.94. The lowest BCUT2D eigenvalue weighted by Gasteiger charge is -2.22. The fourth-order valence-electron chi connectivity index (χ4n) is 4.16. The predicted molar refractivity (Wildman–Crippen MR) is 129 cm³/mol. The van der Waals surface area contributed by atoms with Gasteiger partial charge in [0.1, 0.15) is 12.7 Å². The molecule has 4 rings (SSSR count). The highest BCUT2D eigenvalue weighted by Gasteiger charge is 2.33. The molecule has 0 aromatic heterocycles. The molecule has 0 fully saturated rings. The van der Waals surface area contributed by atoms with Crippen molar-refractivity contribution in [1.29, 1.82) is 0 Å². The topological polar surface area (TPSA) is 119 Å². The van der Waals surface area contributed by atoms with E-state index in [0.717, 1.165) is 27.8 Å². The van der Waals surface area contributed by atoms with Gasteiger partial charge in [-0.25, -0.2) is 9.59 Å². The summed E-state index contributed by atoms with van der Waals surface area (Å²) in [5, 5.41) is 11.8. The Labute approximate surface area is 203 Å². The van der Waals surface area contributed by atoms with Crippen LogP contribution in [0.4, 0.5) is 4.79 Å². The predicted octanol–water partition coefficient (Wildman–Crippen LogP) is 4.08. The number of ether oxygens (including phenoxy) is 1. The van der Waals surface area contributed by atoms with Crippen molar-refractivity contribution >= 4 is 22.2 Å². The van der Waals surface area contributed by atoms with Crippen LogP contribution >= 0.6 is 0 Å². The van der Waals surface area contributed by atoms with Gasteiger partial charge in [-0.05, 0) is 48.2 Å². The van der Waals surface area contributed by atoms with Gasteiger partial charge in [0.05, 0.1) is 4.90 Å². The van der Waals surface area contributed by atoms with Crippen LogP contribution in [0.3, 0.4) is 0 Å². The van der Waals surface area contributed by atoms with Crippen LogP contribution in [-0.4, -0.2) is 44.3 Å². The molecule has 0 heterocycles. The van der Waals surface area contributed by atoms with Crippen molar-refractivity contribution in [3.63, 3.8) is 0 Å². The van der Waals surface area contributed by atoms with E-state index in [1.54, 1.807) is 19.1 Å². The Morgan fingerprint density at radius 2 is 1.49 bits per heavy atom. The molecular weight excluding hydrogens is 470 g/mol. The molecule has 0 aliphatic heterocycles. The third-order valence-corrected chi connectivity index (χ3v) is 7.35. The first kappa shape index (κ1) is 24.4. The normalized spacial score (nSPS) is 14.5. The van der Waals surface area contributed by atoms with Crippen LogP contribution in [0.25, 0.3) is 11.1 Å². The molecule has 1 aliphatic carbocycles. The van der Waals surface area contributed by atoms with Crippen molar-refractivity contribution in [2.45, 2.75) is 36.8 Å². The van der Waals surface area contributed by atoms with Crippen LogP contribution in [0.15, 0.2) is 77.7 Å². The van der Waals surface area contributed by atoms with Gasteiger partial charge < -0.3 is 15.2 Å². The van der Waals surface area contributed by atoms with E-state index >= 15 is 0 Å². The molecule has 2 atom stereocenters. The number of carboxylic acids is 1. The number of nitrogens with one attached hydrogen (secondary N) is 1. The minimum absolute atomic E-state index is 0.0108. The van der Waals surface area contributed by atoms with Crippen molar-refractivity contribution in [3.8, 4) is 11.1 Å². The zero-order valence-electron chi connectivity index (χ0n) is 19.2. The number of amides is 1. The maximum Gasteiger partial charge on any atom is 0.407 e. The summed E-state index contributed by atoms with van der Waals surface area (Å²) in [5.41, 5.74) is 5.00. The molecule has 0 radical (unpaired) electrons. The molecule has 0 bridgehead atoms. The molecule has 8 nitrogen and oxygen atoms in total. The first-order chi connectivity index (χ1) is 16.7. The number of aliphatic carboxylic acids is 1. The van der Waals surface area contributed by atoms with Gasteiger partial charge in [-0.1, -0.05) is 66.2 Å². The number of hydrogen-bond acceptors (Lipinski definition) is 6. The Bertz CT molecular complexity index is 1310. The molecule has 2 N–H and O–H groups in total. The van der Waals surface area contributed by atoms with E-state index < -0.39 is 34.3 Å². The standard InChI is InChI=1S/C26H25NO7S/c1-16-11-13-18(14-12-16)35(31,32)34-17(2)24(25(28)29)27-26(30)33-15-23-21-9-5-3-7-19(21)20-8-4-6-10-22(20)23/h3-14,17,23-24H,15H2,1-2H3,(H,27,30)(H,28,29)/t17?,24-/m0/s1. The molecule has 1 aliphatic rings. The summed E-state index contributed by atoms with van der Waals surface area (Å²) in [6.45, 7) is 3.05. The first-order valence-electron chi connectivity index (χ1n) is 11.0. The SMILES string of the molecule is Cc1ccc(S(=O)(=O)OC(C)[C@H](NC(=O)OCC2c3ccccc3-c3ccccc32)C(=O)O)cc1. The first-order valence-corrected chi connectivity index (χ1v) is 12.4. The number of aryl methyl sites for hydroxylation is 1. The fourth-order valence-corrected chi connectivity index (χ4v) is 5.25. The minimum atomic E-state index is -4.24. The zero-order chi connectivity index (χ0) is 25.2. The second-order valence-electron chi connectivity index (χ2n) is 8.35. The molecule has 0 saturated carbocycles. The second kappa shape index (κ2) is 9.89.